The first kappa shape index (κ1) is 16.2. The van der Waals surface area contributed by atoms with Crippen LogP contribution in [0.1, 0.15) is 59.1 Å². The fourth-order valence-corrected chi connectivity index (χ4v) is 3.03. The Hall–Kier alpha value is -1.16. The van der Waals surface area contributed by atoms with Crippen molar-refractivity contribution in [3.8, 4) is 0 Å². The number of hydrogen-bond donors (Lipinski definition) is 1. The lowest BCUT2D eigenvalue weighted by atomic mass is 9.85. The summed E-state index contributed by atoms with van der Waals surface area (Å²) in [5.74, 6) is 1.74. The maximum absolute atomic E-state index is 4.42. The molecule has 0 amide bonds. The van der Waals surface area contributed by atoms with Crippen LogP contribution in [0.5, 0.6) is 0 Å². The van der Waals surface area contributed by atoms with E-state index in [0.717, 1.165) is 24.0 Å². The third-order valence-corrected chi connectivity index (χ3v) is 4.43. The molecule has 1 N–H and O–H groups in total. The van der Waals surface area contributed by atoms with Crippen molar-refractivity contribution in [2.75, 3.05) is 11.9 Å². The predicted molar refractivity (Wildman–Crippen MR) is 88.4 cm³/mol. The molecule has 1 aromatic heterocycles. The van der Waals surface area contributed by atoms with E-state index in [0.29, 0.717) is 6.04 Å². The molecule has 2 unspecified atom stereocenters. The molecule has 0 radical (unpaired) electrons. The SMILES string of the molecule is CC1CCCCC1N(C)c1ccc(CNC(C)(C)C)nn1. The molecule has 1 heterocycles. The van der Waals surface area contributed by atoms with Crippen LogP contribution in [0.25, 0.3) is 0 Å². The van der Waals surface area contributed by atoms with Crippen molar-refractivity contribution in [3.63, 3.8) is 0 Å². The van der Waals surface area contributed by atoms with Gasteiger partial charge in [-0.15, -0.1) is 5.10 Å². The van der Waals surface area contributed by atoms with Gasteiger partial charge < -0.3 is 10.2 Å². The van der Waals surface area contributed by atoms with Gasteiger partial charge in [0.1, 0.15) is 0 Å². The van der Waals surface area contributed by atoms with Crippen LogP contribution < -0.4 is 10.2 Å². The average molecular weight is 290 g/mol. The van der Waals surface area contributed by atoms with Crippen LogP contribution in [-0.2, 0) is 6.54 Å². The molecule has 1 aliphatic carbocycles. The summed E-state index contributed by atoms with van der Waals surface area (Å²) in [5.41, 5.74) is 1.10. The highest BCUT2D eigenvalue weighted by atomic mass is 15.3. The lowest BCUT2D eigenvalue weighted by Gasteiger charge is -2.36. The summed E-state index contributed by atoms with van der Waals surface area (Å²) in [4.78, 5) is 2.32. The molecule has 1 aliphatic rings. The fourth-order valence-electron chi connectivity index (χ4n) is 3.03. The van der Waals surface area contributed by atoms with Gasteiger partial charge in [-0.25, -0.2) is 0 Å². The first-order chi connectivity index (χ1) is 9.87. The molecule has 4 heteroatoms. The monoisotopic (exact) mass is 290 g/mol. The van der Waals surface area contributed by atoms with Gasteiger partial charge in [0.2, 0.25) is 0 Å². The van der Waals surface area contributed by atoms with Crippen molar-refractivity contribution < 1.29 is 0 Å². The zero-order chi connectivity index (χ0) is 15.5. The van der Waals surface area contributed by atoms with Crippen LogP contribution >= 0.6 is 0 Å². The Balaban J connectivity index is 1.97. The van der Waals surface area contributed by atoms with Gasteiger partial charge in [0.05, 0.1) is 5.69 Å². The summed E-state index contributed by atoms with van der Waals surface area (Å²) < 4.78 is 0. The predicted octanol–water partition coefficient (Wildman–Crippen LogP) is 3.38. The van der Waals surface area contributed by atoms with Gasteiger partial charge in [-0.2, -0.15) is 5.10 Å². The van der Waals surface area contributed by atoms with E-state index in [1.807, 2.05) is 0 Å². The van der Waals surface area contributed by atoms with Crippen LogP contribution in [0.4, 0.5) is 5.82 Å². The highest BCUT2D eigenvalue weighted by Crippen LogP contribution is 2.29. The minimum Gasteiger partial charge on any atom is -0.355 e. The molecule has 0 aliphatic heterocycles. The summed E-state index contributed by atoms with van der Waals surface area (Å²) in [7, 11) is 2.16. The normalized spacial score (nSPS) is 23.1. The zero-order valence-corrected chi connectivity index (χ0v) is 14.2. The van der Waals surface area contributed by atoms with Crippen molar-refractivity contribution in [1.82, 2.24) is 15.5 Å². The molecule has 1 saturated carbocycles. The van der Waals surface area contributed by atoms with Gasteiger partial charge in [-0.3, -0.25) is 0 Å². The molecule has 0 aromatic carbocycles. The van der Waals surface area contributed by atoms with Crippen molar-refractivity contribution >= 4 is 5.82 Å². The molecule has 2 rings (SSSR count). The molecule has 118 valence electrons. The minimum absolute atomic E-state index is 0.106. The summed E-state index contributed by atoms with van der Waals surface area (Å²) >= 11 is 0. The van der Waals surface area contributed by atoms with E-state index in [1.165, 1.54) is 25.7 Å². The zero-order valence-electron chi connectivity index (χ0n) is 14.2. The summed E-state index contributed by atoms with van der Waals surface area (Å²) in [6.45, 7) is 9.60. The maximum Gasteiger partial charge on any atom is 0.151 e. The number of aromatic nitrogens is 2. The smallest absolute Gasteiger partial charge is 0.151 e. The Morgan fingerprint density at radius 2 is 1.90 bits per heavy atom. The largest absolute Gasteiger partial charge is 0.355 e. The third-order valence-electron chi connectivity index (χ3n) is 4.43. The van der Waals surface area contributed by atoms with Gasteiger partial charge in [0, 0.05) is 25.2 Å². The van der Waals surface area contributed by atoms with E-state index >= 15 is 0 Å². The quantitative estimate of drug-likeness (QED) is 0.923. The van der Waals surface area contributed by atoms with Gasteiger partial charge in [-0.1, -0.05) is 19.8 Å². The Morgan fingerprint density at radius 3 is 2.48 bits per heavy atom. The molecule has 1 aromatic rings. The van der Waals surface area contributed by atoms with Crippen LogP contribution in [-0.4, -0.2) is 28.8 Å². The molecule has 4 nitrogen and oxygen atoms in total. The van der Waals surface area contributed by atoms with Crippen LogP contribution in [0.3, 0.4) is 0 Å². The number of hydrogen-bond acceptors (Lipinski definition) is 4. The molecule has 0 saturated heterocycles. The first-order valence-electron chi connectivity index (χ1n) is 8.17. The lowest BCUT2D eigenvalue weighted by Crippen LogP contribution is -2.39. The minimum atomic E-state index is 0.106. The van der Waals surface area contributed by atoms with E-state index in [-0.39, 0.29) is 5.54 Å². The van der Waals surface area contributed by atoms with Crippen molar-refractivity contribution in [2.24, 2.45) is 5.92 Å². The van der Waals surface area contributed by atoms with E-state index < -0.39 is 0 Å². The van der Waals surface area contributed by atoms with E-state index in [4.69, 9.17) is 0 Å². The van der Waals surface area contributed by atoms with Crippen LogP contribution in [0, 0.1) is 5.92 Å². The summed E-state index contributed by atoms with van der Waals surface area (Å²) in [6, 6.07) is 4.80. The Bertz CT molecular complexity index is 435. The molecule has 1 fully saturated rings. The van der Waals surface area contributed by atoms with Crippen LogP contribution in [0.15, 0.2) is 12.1 Å². The van der Waals surface area contributed by atoms with Crippen LogP contribution in [0.2, 0.25) is 0 Å². The van der Waals surface area contributed by atoms with Crippen molar-refractivity contribution in [1.29, 1.82) is 0 Å². The Morgan fingerprint density at radius 1 is 1.19 bits per heavy atom. The molecule has 2 atom stereocenters. The van der Waals surface area contributed by atoms with Crippen molar-refractivity contribution in [2.45, 2.75) is 71.5 Å². The third kappa shape index (κ3) is 4.67. The summed E-state index contributed by atoms with van der Waals surface area (Å²) in [6.07, 6.45) is 5.30. The topological polar surface area (TPSA) is 41.0 Å². The van der Waals surface area contributed by atoms with Gasteiger partial charge in [0.25, 0.3) is 0 Å². The van der Waals surface area contributed by atoms with Gasteiger partial charge in [-0.05, 0) is 51.7 Å². The molecule has 21 heavy (non-hydrogen) atoms. The highest BCUT2D eigenvalue weighted by molar-refractivity contribution is 5.38. The number of nitrogens with zero attached hydrogens (tertiary/aromatic N) is 3. The highest BCUT2D eigenvalue weighted by Gasteiger charge is 2.25. The standard InChI is InChI=1S/C17H30N4/c1-13-8-6-7-9-15(13)21(5)16-11-10-14(19-20-16)12-18-17(2,3)4/h10-11,13,15,18H,6-9,12H2,1-5H3. The molecule has 0 spiro atoms. The average Bonchev–Trinajstić information content (AvgIpc) is 2.45. The van der Waals surface area contributed by atoms with Gasteiger partial charge >= 0.3 is 0 Å². The number of nitrogens with one attached hydrogen (secondary N) is 1. The fraction of sp³-hybridized carbons (Fsp3) is 0.765. The number of anilines is 1. The van der Waals surface area contributed by atoms with Gasteiger partial charge in [0.15, 0.2) is 5.82 Å². The van der Waals surface area contributed by atoms with E-state index in [9.17, 15) is 0 Å². The molecular formula is C17H30N4. The number of rotatable bonds is 4. The second-order valence-electron chi connectivity index (χ2n) is 7.43. The van der Waals surface area contributed by atoms with E-state index in [2.05, 4.69) is 67.3 Å². The Kier molecular flexibility index (Phi) is 5.20. The van der Waals surface area contributed by atoms with Crippen molar-refractivity contribution in [3.05, 3.63) is 17.8 Å². The second kappa shape index (κ2) is 6.73. The first-order valence-corrected chi connectivity index (χ1v) is 8.17. The lowest BCUT2D eigenvalue weighted by molar-refractivity contribution is 0.320. The Labute approximate surface area is 129 Å². The molecular weight excluding hydrogens is 260 g/mol. The second-order valence-corrected chi connectivity index (χ2v) is 7.43. The van der Waals surface area contributed by atoms with E-state index in [1.54, 1.807) is 0 Å². The maximum atomic E-state index is 4.42. The summed E-state index contributed by atoms with van der Waals surface area (Å²) in [5, 5.41) is 12.2. The molecule has 0 bridgehead atoms.